The summed E-state index contributed by atoms with van der Waals surface area (Å²) in [5, 5.41) is 3.18. The second-order valence-electron chi connectivity index (χ2n) is 8.51. The lowest BCUT2D eigenvalue weighted by Gasteiger charge is -2.31. The van der Waals surface area contributed by atoms with Crippen LogP contribution in [0.3, 0.4) is 0 Å². The molecule has 2 amide bonds. The summed E-state index contributed by atoms with van der Waals surface area (Å²) in [5.41, 5.74) is 2.11. The van der Waals surface area contributed by atoms with Crippen LogP contribution in [-0.2, 0) is 21.9 Å². The number of carbonyl (C=O) groups excluding carboxylic acids is 2. The summed E-state index contributed by atoms with van der Waals surface area (Å²) in [5.74, 6) is 1.70. The zero-order valence-electron chi connectivity index (χ0n) is 19.4. The van der Waals surface area contributed by atoms with Gasteiger partial charge in [0.1, 0.15) is 11.8 Å². The van der Waals surface area contributed by atoms with E-state index in [4.69, 9.17) is 4.74 Å². The van der Waals surface area contributed by atoms with Crippen molar-refractivity contribution in [2.75, 3.05) is 12.9 Å². The van der Waals surface area contributed by atoms with Crippen LogP contribution in [-0.4, -0.2) is 41.7 Å². The number of halogens is 1. The number of methoxy groups -OCH3 is 1. The molecule has 0 aliphatic heterocycles. The van der Waals surface area contributed by atoms with Gasteiger partial charge in [0.2, 0.25) is 11.8 Å². The number of ether oxygens (including phenoxy) is 1. The van der Waals surface area contributed by atoms with E-state index in [0.29, 0.717) is 12.3 Å². The van der Waals surface area contributed by atoms with Gasteiger partial charge in [-0.3, -0.25) is 9.59 Å². The molecule has 1 saturated carbocycles. The number of nitrogens with zero attached hydrogens (tertiary/aromatic N) is 1. The number of thioether (sulfide) groups is 1. The van der Waals surface area contributed by atoms with Gasteiger partial charge in [0.25, 0.3) is 0 Å². The van der Waals surface area contributed by atoms with E-state index < -0.39 is 6.04 Å². The monoisotopic (exact) mass is 532 g/mol. The second-order valence-corrected chi connectivity index (χ2v) is 10.4. The van der Waals surface area contributed by atoms with Crippen molar-refractivity contribution in [1.82, 2.24) is 10.2 Å². The van der Waals surface area contributed by atoms with Crippen molar-refractivity contribution in [2.24, 2.45) is 0 Å². The predicted octanol–water partition coefficient (Wildman–Crippen LogP) is 5.56. The number of carbonyl (C=O) groups is 2. The van der Waals surface area contributed by atoms with Gasteiger partial charge in [0, 0.05) is 22.8 Å². The minimum Gasteiger partial charge on any atom is -0.497 e. The molecule has 0 bridgehead atoms. The summed E-state index contributed by atoms with van der Waals surface area (Å²) in [6, 6.07) is 15.5. The molecule has 2 aromatic rings. The molecule has 0 unspecified atom stereocenters. The highest BCUT2D eigenvalue weighted by Gasteiger charge is 2.28. The Labute approximate surface area is 209 Å². The van der Waals surface area contributed by atoms with Crippen LogP contribution >= 0.6 is 27.7 Å². The van der Waals surface area contributed by atoms with Crippen molar-refractivity contribution in [2.45, 2.75) is 63.4 Å². The Morgan fingerprint density at radius 3 is 2.55 bits per heavy atom. The first-order valence-corrected chi connectivity index (χ1v) is 13.5. The highest BCUT2D eigenvalue weighted by Crippen LogP contribution is 2.21. The fraction of sp³-hybridized carbons (Fsp3) is 0.462. The quantitative estimate of drug-likeness (QED) is 0.435. The van der Waals surface area contributed by atoms with Gasteiger partial charge in [-0.25, -0.2) is 0 Å². The van der Waals surface area contributed by atoms with Crippen molar-refractivity contribution in [1.29, 1.82) is 0 Å². The third-order valence-electron chi connectivity index (χ3n) is 6.01. The molecule has 0 heterocycles. The lowest BCUT2D eigenvalue weighted by atomic mass is 9.95. The molecule has 178 valence electrons. The fourth-order valence-corrected chi connectivity index (χ4v) is 5.17. The molecular weight excluding hydrogens is 500 g/mol. The molecule has 1 fully saturated rings. The second kappa shape index (κ2) is 13.0. The lowest BCUT2D eigenvalue weighted by Crippen LogP contribution is -2.50. The van der Waals surface area contributed by atoms with Gasteiger partial charge in [-0.15, -0.1) is 11.8 Å². The van der Waals surface area contributed by atoms with Crippen molar-refractivity contribution in [3.63, 3.8) is 0 Å². The van der Waals surface area contributed by atoms with Gasteiger partial charge >= 0.3 is 0 Å². The number of hydrogen-bond donors (Lipinski definition) is 1. The van der Waals surface area contributed by atoms with Crippen LogP contribution < -0.4 is 10.1 Å². The molecule has 1 N–H and O–H groups in total. The molecule has 0 spiro atoms. The van der Waals surface area contributed by atoms with E-state index in [9.17, 15) is 9.59 Å². The van der Waals surface area contributed by atoms with Gasteiger partial charge < -0.3 is 15.0 Å². The molecule has 5 nitrogen and oxygen atoms in total. The summed E-state index contributed by atoms with van der Waals surface area (Å²) < 4.78 is 6.37. The third kappa shape index (κ3) is 8.07. The Kier molecular flexibility index (Phi) is 10.1. The molecule has 3 rings (SSSR count). The summed E-state index contributed by atoms with van der Waals surface area (Å²) in [7, 11) is 1.63. The van der Waals surface area contributed by atoms with E-state index in [2.05, 4.69) is 33.4 Å². The smallest absolute Gasteiger partial charge is 0.242 e. The fourth-order valence-electron chi connectivity index (χ4n) is 4.04. The van der Waals surface area contributed by atoms with E-state index in [-0.39, 0.29) is 17.9 Å². The van der Waals surface area contributed by atoms with Gasteiger partial charge in [-0.2, -0.15) is 0 Å². The SMILES string of the molecule is COc1cccc(CN(C(=O)CSCc2ccc(Br)cc2)[C@H](C)C(=O)NC2CCCCC2)c1. The van der Waals surface area contributed by atoms with Crippen LogP contribution in [0.2, 0.25) is 0 Å². The number of nitrogens with one attached hydrogen (secondary N) is 1. The van der Waals surface area contributed by atoms with Crippen molar-refractivity contribution >= 4 is 39.5 Å². The van der Waals surface area contributed by atoms with Crippen LogP contribution in [0, 0.1) is 0 Å². The number of rotatable bonds is 10. The lowest BCUT2D eigenvalue weighted by molar-refractivity contribution is -0.139. The molecule has 1 atom stereocenters. The van der Waals surface area contributed by atoms with E-state index in [1.54, 1.807) is 23.8 Å². The highest BCUT2D eigenvalue weighted by atomic mass is 79.9. The summed E-state index contributed by atoms with van der Waals surface area (Å²) in [6.07, 6.45) is 5.57. The molecule has 0 radical (unpaired) electrons. The van der Waals surface area contributed by atoms with Gasteiger partial charge in [-0.05, 0) is 55.2 Å². The predicted molar refractivity (Wildman–Crippen MR) is 138 cm³/mol. The summed E-state index contributed by atoms with van der Waals surface area (Å²) in [6.45, 7) is 2.20. The van der Waals surface area contributed by atoms with Crippen LogP contribution in [0.15, 0.2) is 53.0 Å². The molecule has 33 heavy (non-hydrogen) atoms. The molecule has 0 aromatic heterocycles. The van der Waals surface area contributed by atoms with Crippen molar-refractivity contribution in [3.05, 3.63) is 64.1 Å². The van der Waals surface area contributed by atoms with Crippen molar-refractivity contribution < 1.29 is 14.3 Å². The molecule has 7 heteroatoms. The average molecular weight is 534 g/mol. The Hall–Kier alpha value is -1.99. The zero-order chi connectivity index (χ0) is 23.6. The van der Waals surface area contributed by atoms with Gasteiger partial charge in [0.05, 0.1) is 12.9 Å². The first kappa shape index (κ1) is 25.6. The molecule has 0 saturated heterocycles. The Balaban J connectivity index is 1.66. The molecular formula is C26H33BrN2O3S. The van der Waals surface area contributed by atoms with Crippen molar-refractivity contribution in [3.8, 4) is 5.75 Å². The van der Waals surface area contributed by atoms with E-state index in [1.165, 1.54) is 12.0 Å². The Morgan fingerprint density at radius 2 is 1.85 bits per heavy atom. The average Bonchev–Trinajstić information content (AvgIpc) is 2.84. The maximum Gasteiger partial charge on any atom is 0.242 e. The molecule has 1 aliphatic carbocycles. The highest BCUT2D eigenvalue weighted by molar-refractivity contribution is 9.10. The number of amides is 2. The van der Waals surface area contributed by atoms with Crippen LogP contribution in [0.5, 0.6) is 5.75 Å². The summed E-state index contributed by atoms with van der Waals surface area (Å²) in [4.78, 5) is 28.0. The van der Waals surface area contributed by atoms with Gasteiger partial charge in [0.15, 0.2) is 0 Å². The maximum atomic E-state index is 13.3. The van der Waals surface area contributed by atoms with E-state index in [0.717, 1.165) is 47.2 Å². The normalized spacial score (nSPS) is 15.0. The molecule has 1 aliphatic rings. The standard InChI is InChI=1S/C26H33BrN2O3S/c1-19(26(31)28-23-8-4-3-5-9-23)29(16-21-7-6-10-24(15-21)32-2)25(30)18-33-17-20-11-13-22(27)14-12-20/h6-7,10-15,19,23H,3-5,8-9,16-18H2,1-2H3,(H,28,31)/t19-/m1/s1. The van der Waals surface area contributed by atoms with Crippen LogP contribution in [0.4, 0.5) is 0 Å². The summed E-state index contributed by atoms with van der Waals surface area (Å²) >= 11 is 5.02. The Morgan fingerprint density at radius 1 is 1.12 bits per heavy atom. The number of hydrogen-bond acceptors (Lipinski definition) is 4. The minimum atomic E-state index is -0.543. The first-order valence-electron chi connectivity index (χ1n) is 11.5. The topological polar surface area (TPSA) is 58.6 Å². The Bertz CT molecular complexity index is 916. The van der Waals surface area contributed by atoms with Crippen LogP contribution in [0.1, 0.15) is 50.2 Å². The van der Waals surface area contributed by atoms with Crippen LogP contribution in [0.25, 0.3) is 0 Å². The molecule has 2 aromatic carbocycles. The largest absolute Gasteiger partial charge is 0.497 e. The minimum absolute atomic E-state index is 0.0359. The van der Waals surface area contributed by atoms with E-state index in [1.807, 2.05) is 43.3 Å². The maximum absolute atomic E-state index is 13.3. The first-order chi connectivity index (χ1) is 16.0. The van der Waals surface area contributed by atoms with Gasteiger partial charge in [-0.1, -0.05) is 59.5 Å². The third-order valence-corrected chi connectivity index (χ3v) is 7.53. The van der Waals surface area contributed by atoms with E-state index >= 15 is 0 Å². The number of benzene rings is 2. The zero-order valence-corrected chi connectivity index (χ0v) is 21.8.